The quantitative estimate of drug-likeness (QED) is 0.861. The van der Waals surface area contributed by atoms with E-state index in [4.69, 9.17) is 0 Å². The first-order valence-electron chi connectivity index (χ1n) is 6.94. The van der Waals surface area contributed by atoms with Crippen LogP contribution in [0.2, 0.25) is 0 Å². The van der Waals surface area contributed by atoms with E-state index in [-0.39, 0.29) is 0 Å². The maximum atomic E-state index is 4.54. The Kier molecular flexibility index (Phi) is 2.91. The number of rotatable bonds is 2. The van der Waals surface area contributed by atoms with Gasteiger partial charge in [0.25, 0.3) is 0 Å². The van der Waals surface area contributed by atoms with E-state index < -0.39 is 0 Å². The molecular formula is C15H23N3. The summed E-state index contributed by atoms with van der Waals surface area (Å²) in [6, 6.07) is 4.32. The van der Waals surface area contributed by atoms with Gasteiger partial charge in [-0.2, -0.15) is 0 Å². The van der Waals surface area contributed by atoms with Crippen molar-refractivity contribution in [1.82, 2.24) is 15.2 Å². The van der Waals surface area contributed by atoms with Crippen molar-refractivity contribution >= 4 is 0 Å². The van der Waals surface area contributed by atoms with E-state index in [0.29, 0.717) is 5.54 Å². The van der Waals surface area contributed by atoms with Gasteiger partial charge >= 0.3 is 0 Å². The van der Waals surface area contributed by atoms with Crippen molar-refractivity contribution in [3.63, 3.8) is 0 Å². The minimum absolute atomic E-state index is 0.292. The predicted molar refractivity (Wildman–Crippen MR) is 73.3 cm³/mol. The number of fused-ring (bicyclic) bond motifs is 1. The number of aryl methyl sites for hydroxylation is 1. The molecule has 2 fully saturated rings. The number of likely N-dealkylation sites (tertiary alicyclic amines) is 1. The summed E-state index contributed by atoms with van der Waals surface area (Å²) in [5, 5.41) is 3.53. The number of aromatic nitrogens is 1. The molecule has 2 aliphatic heterocycles. The molecular weight excluding hydrogens is 222 g/mol. The van der Waals surface area contributed by atoms with E-state index in [1.807, 2.05) is 6.20 Å². The van der Waals surface area contributed by atoms with Gasteiger partial charge in [-0.1, -0.05) is 6.07 Å². The first kappa shape index (κ1) is 12.1. The summed E-state index contributed by atoms with van der Waals surface area (Å²) in [7, 11) is 0. The molecule has 0 amide bonds. The van der Waals surface area contributed by atoms with Gasteiger partial charge in [-0.15, -0.1) is 0 Å². The second-order valence-corrected chi connectivity index (χ2v) is 6.39. The maximum absolute atomic E-state index is 4.54. The van der Waals surface area contributed by atoms with E-state index in [2.05, 4.69) is 48.1 Å². The molecule has 0 saturated carbocycles. The minimum Gasteiger partial charge on any atom is -0.316 e. The van der Waals surface area contributed by atoms with Gasteiger partial charge in [0.2, 0.25) is 0 Å². The molecule has 1 N–H and O–H groups in total. The van der Waals surface area contributed by atoms with Crippen LogP contribution in [-0.2, 0) is 6.54 Å². The summed E-state index contributed by atoms with van der Waals surface area (Å²) in [6.07, 6.45) is 1.97. The number of nitrogens with zero attached hydrogens (tertiary/aromatic N) is 2. The second kappa shape index (κ2) is 4.32. The zero-order valence-corrected chi connectivity index (χ0v) is 11.6. The Bertz CT molecular complexity index is 424. The minimum atomic E-state index is 0.292. The lowest BCUT2D eigenvalue weighted by Crippen LogP contribution is -2.44. The Labute approximate surface area is 110 Å². The summed E-state index contributed by atoms with van der Waals surface area (Å²) in [5.74, 6) is 1.62. The first-order chi connectivity index (χ1) is 8.57. The van der Waals surface area contributed by atoms with Gasteiger partial charge in [0.15, 0.2) is 0 Å². The van der Waals surface area contributed by atoms with E-state index >= 15 is 0 Å². The average molecular weight is 245 g/mol. The van der Waals surface area contributed by atoms with Gasteiger partial charge in [0, 0.05) is 31.4 Å². The van der Waals surface area contributed by atoms with Crippen molar-refractivity contribution in [3.05, 3.63) is 29.6 Å². The van der Waals surface area contributed by atoms with Crippen LogP contribution in [0.4, 0.5) is 0 Å². The molecule has 3 nitrogen and oxygen atoms in total. The van der Waals surface area contributed by atoms with Crippen LogP contribution in [0.3, 0.4) is 0 Å². The number of nitrogens with one attached hydrogen (secondary N) is 1. The third-order valence-corrected chi connectivity index (χ3v) is 4.84. The Balaban J connectivity index is 1.75. The predicted octanol–water partition coefficient (Wildman–Crippen LogP) is 1.82. The highest BCUT2D eigenvalue weighted by molar-refractivity contribution is 5.14. The van der Waals surface area contributed by atoms with Crippen LogP contribution in [-0.4, -0.2) is 35.1 Å². The van der Waals surface area contributed by atoms with Gasteiger partial charge in [-0.25, -0.2) is 0 Å². The lowest BCUT2D eigenvalue weighted by Gasteiger charge is -2.35. The van der Waals surface area contributed by atoms with E-state index in [0.717, 1.165) is 18.4 Å². The number of hydrogen-bond acceptors (Lipinski definition) is 3. The van der Waals surface area contributed by atoms with Crippen LogP contribution in [0.15, 0.2) is 18.3 Å². The fourth-order valence-electron chi connectivity index (χ4n) is 3.56. The largest absolute Gasteiger partial charge is 0.316 e. The summed E-state index contributed by atoms with van der Waals surface area (Å²) in [4.78, 5) is 7.16. The molecule has 98 valence electrons. The molecule has 2 atom stereocenters. The number of hydrogen-bond donors (Lipinski definition) is 1. The van der Waals surface area contributed by atoms with Crippen LogP contribution in [0, 0.1) is 18.8 Å². The molecule has 0 aromatic carbocycles. The van der Waals surface area contributed by atoms with E-state index in [9.17, 15) is 0 Å². The van der Waals surface area contributed by atoms with Crippen molar-refractivity contribution in [2.75, 3.05) is 19.6 Å². The molecule has 18 heavy (non-hydrogen) atoms. The molecule has 3 heterocycles. The first-order valence-corrected chi connectivity index (χ1v) is 6.94. The SMILES string of the molecule is Cc1ccc(CN2CC3CNCC3C2(C)C)nc1. The van der Waals surface area contributed by atoms with Gasteiger partial charge < -0.3 is 5.32 Å². The molecule has 1 aromatic heterocycles. The van der Waals surface area contributed by atoms with Crippen molar-refractivity contribution in [2.45, 2.75) is 32.9 Å². The van der Waals surface area contributed by atoms with Crippen LogP contribution >= 0.6 is 0 Å². The van der Waals surface area contributed by atoms with Crippen molar-refractivity contribution in [1.29, 1.82) is 0 Å². The Morgan fingerprint density at radius 2 is 2.22 bits per heavy atom. The summed E-state index contributed by atoms with van der Waals surface area (Å²) < 4.78 is 0. The smallest absolute Gasteiger partial charge is 0.0544 e. The Morgan fingerprint density at radius 1 is 1.39 bits per heavy atom. The Hall–Kier alpha value is -0.930. The topological polar surface area (TPSA) is 28.2 Å². The van der Waals surface area contributed by atoms with Crippen molar-refractivity contribution in [3.8, 4) is 0 Å². The second-order valence-electron chi connectivity index (χ2n) is 6.39. The highest BCUT2D eigenvalue weighted by Gasteiger charge is 2.49. The molecule has 0 bridgehead atoms. The fraction of sp³-hybridized carbons (Fsp3) is 0.667. The fourth-order valence-corrected chi connectivity index (χ4v) is 3.56. The molecule has 1 aromatic rings. The summed E-state index contributed by atoms with van der Waals surface area (Å²) >= 11 is 0. The third-order valence-electron chi connectivity index (χ3n) is 4.84. The molecule has 0 spiro atoms. The summed E-state index contributed by atoms with van der Waals surface area (Å²) in [6.45, 7) is 11.4. The summed E-state index contributed by atoms with van der Waals surface area (Å²) in [5.41, 5.74) is 2.72. The van der Waals surface area contributed by atoms with Gasteiger partial charge in [0.05, 0.1) is 5.69 Å². The van der Waals surface area contributed by atoms with E-state index in [1.165, 1.54) is 30.9 Å². The molecule has 3 heteroatoms. The molecule has 0 aliphatic carbocycles. The normalized spacial score (nSPS) is 30.6. The van der Waals surface area contributed by atoms with Crippen LogP contribution < -0.4 is 5.32 Å². The van der Waals surface area contributed by atoms with Crippen molar-refractivity contribution in [2.24, 2.45) is 11.8 Å². The molecule has 0 radical (unpaired) electrons. The van der Waals surface area contributed by atoms with Gasteiger partial charge in [-0.05, 0) is 50.8 Å². The average Bonchev–Trinajstić information content (AvgIpc) is 2.87. The van der Waals surface area contributed by atoms with Crippen LogP contribution in [0.5, 0.6) is 0 Å². The van der Waals surface area contributed by atoms with E-state index in [1.54, 1.807) is 0 Å². The zero-order valence-electron chi connectivity index (χ0n) is 11.6. The van der Waals surface area contributed by atoms with Crippen LogP contribution in [0.25, 0.3) is 0 Å². The van der Waals surface area contributed by atoms with Crippen molar-refractivity contribution < 1.29 is 0 Å². The highest BCUT2D eigenvalue weighted by Crippen LogP contribution is 2.41. The van der Waals surface area contributed by atoms with Crippen LogP contribution in [0.1, 0.15) is 25.1 Å². The third kappa shape index (κ3) is 1.95. The highest BCUT2D eigenvalue weighted by atomic mass is 15.3. The molecule has 2 saturated heterocycles. The molecule has 2 unspecified atom stereocenters. The Morgan fingerprint density at radius 3 is 2.89 bits per heavy atom. The standard InChI is InChI=1S/C15H23N3/c1-11-4-5-13(17-6-11)10-18-9-12-7-16-8-14(12)15(18,2)3/h4-6,12,14,16H,7-10H2,1-3H3. The monoisotopic (exact) mass is 245 g/mol. The molecule has 2 aliphatic rings. The van der Waals surface area contributed by atoms with Gasteiger partial charge in [0.1, 0.15) is 0 Å². The molecule has 3 rings (SSSR count). The zero-order chi connectivity index (χ0) is 12.8. The number of pyridine rings is 1. The van der Waals surface area contributed by atoms with Gasteiger partial charge in [-0.3, -0.25) is 9.88 Å². The maximum Gasteiger partial charge on any atom is 0.0544 e. The lowest BCUT2D eigenvalue weighted by atomic mass is 9.85. The lowest BCUT2D eigenvalue weighted by molar-refractivity contribution is 0.130.